The summed E-state index contributed by atoms with van der Waals surface area (Å²) >= 11 is 2.58. The zero-order valence-electron chi connectivity index (χ0n) is 19.8. The molecule has 3 heterocycles. The number of thioether (sulfide) groups is 1. The van der Waals surface area contributed by atoms with Crippen molar-refractivity contribution in [2.45, 2.75) is 48.2 Å². The van der Waals surface area contributed by atoms with Gasteiger partial charge in [0, 0.05) is 12.1 Å². The lowest BCUT2D eigenvalue weighted by Gasteiger charge is -2.49. The van der Waals surface area contributed by atoms with Gasteiger partial charge >= 0.3 is 5.97 Å². The summed E-state index contributed by atoms with van der Waals surface area (Å²) in [4.78, 5) is 61.2. The van der Waals surface area contributed by atoms with Crippen molar-refractivity contribution in [2.75, 3.05) is 6.61 Å². The first kappa shape index (κ1) is 26.6. The van der Waals surface area contributed by atoms with Crippen LogP contribution in [0, 0.1) is 10.1 Å². The average Bonchev–Trinajstić information content (AvgIpc) is 3.45. The summed E-state index contributed by atoms with van der Waals surface area (Å²) in [5.41, 5.74) is -0.598. The fraction of sp³-hybridized carbons (Fsp3) is 0.391. The topological polar surface area (TPSA) is 168 Å². The molecule has 4 rings (SSSR count). The van der Waals surface area contributed by atoms with Crippen LogP contribution < -0.4 is 10.6 Å². The number of amides is 3. The molecule has 2 aromatic rings. The lowest BCUT2D eigenvalue weighted by Crippen LogP contribution is -2.79. The van der Waals surface area contributed by atoms with Gasteiger partial charge in [-0.3, -0.25) is 29.4 Å². The van der Waals surface area contributed by atoms with Gasteiger partial charge in [-0.15, -0.1) is 11.8 Å². The smallest absolute Gasteiger partial charge is 0.352 e. The highest BCUT2D eigenvalue weighted by molar-refractivity contribution is 8.01. The van der Waals surface area contributed by atoms with Crippen molar-refractivity contribution in [3.05, 3.63) is 62.3 Å². The Kier molecular flexibility index (Phi) is 7.26. The van der Waals surface area contributed by atoms with Gasteiger partial charge in [-0.05, 0) is 53.9 Å². The Morgan fingerprint density at radius 3 is 2.57 bits per heavy atom. The number of rotatable bonds is 11. The largest absolute Gasteiger partial charge is 0.478 e. The molecule has 1 aromatic carbocycles. The second-order valence-corrected chi connectivity index (χ2v) is 11.6. The minimum absolute atomic E-state index is 0.0146. The van der Waals surface area contributed by atoms with Crippen LogP contribution in [0.1, 0.15) is 30.9 Å². The quantitative estimate of drug-likeness (QED) is 0.164. The molecule has 4 atom stereocenters. The van der Waals surface area contributed by atoms with Crippen molar-refractivity contribution in [1.82, 2.24) is 15.5 Å². The number of hydrogen-bond acceptors (Lipinski definition) is 9. The van der Waals surface area contributed by atoms with Crippen LogP contribution in [-0.2, 0) is 30.5 Å². The number of carbonyl (C=O) groups excluding carboxylic acids is 3. The van der Waals surface area contributed by atoms with E-state index in [2.05, 4.69) is 10.6 Å². The van der Waals surface area contributed by atoms with E-state index in [-0.39, 0.29) is 25.3 Å². The van der Waals surface area contributed by atoms with E-state index in [1.807, 2.05) is 5.38 Å². The molecule has 196 valence electrons. The van der Waals surface area contributed by atoms with Gasteiger partial charge in [-0.2, -0.15) is 11.3 Å². The van der Waals surface area contributed by atoms with E-state index in [1.165, 1.54) is 35.2 Å². The standard InChI is InChI=1S/C23H24N4O8S2/c1-22(2)23(21(31)32,24-12-28)26-19(30)17(20(26)37-22)25-18(29)16(14-7-8-36-11-14)10-35-9-13-3-5-15(6-4-13)27(33)34/h3-8,11-12,16-17,20H,9-10H2,1-2H3,(H,24,28)(H,25,29)(H,31,32)/t16?,17-,20-,23+/m1/s1. The summed E-state index contributed by atoms with van der Waals surface area (Å²) in [7, 11) is 0. The molecule has 14 heteroatoms. The first-order valence-electron chi connectivity index (χ1n) is 11.1. The van der Waals surface area contributed by atoms with Crippen molar-refractivity contribution in [3.63, 3.8) is 0 Å². The molecule has 2 aliphatic heterocycles. The van der Waals surface area contributed by atoms with Crippen LogP contribution in [0.2, 0.25) is 0 Å². The highest BCUT2D eigenvalue weighted by Crippen LogP contribution is 2.55. The highest BCUT2D eigenvalue weighted by atomic mass is 32.2. The number of carboxylic acid groups (broad SMARTS) is 1. The molecular formula is C23H24N4O8S2. The fourth-order valence-corrected chi connectivity index (χ4v) is 6.98. The van der Waals surface area contributed by atoms with E-state index in [4.69, 9.17) is 4.74 Å². The first-order valence-corrected chi connectivity index (χ1v) is 12.9. The number of ether oxygens (including phenoxy) is 1. The number of aliphatic carboxylic acids is 1. The molecule has 0 bridgehead atoms. The number of nitrogens with zero attached hydrogens (tertiary/aromatic N) is 2. The number of nitrogens with one attached hydrogen (secondary N) is 2. The summed E-state index contributed by atoms with van der Waals surface area (Å²) in [6.07, 6.45) is 0.257. The maximum absolute atomic E-state index is 13.3. The molecule has 1 aromatic heterocycles. The molecule has 1 unspecified atom stereocenters. The van der Waals surface area contributed by atoms with Crippen molar-refractivity contribution in [3.8, 4) is 0 Å². The molecule has 3 amide bonds. The summed E-state index contributed by atoms with van der Waals surface area (Å²) in [5, 5.41) is 28.7. The molecule has 2 fully saturated rings. The minimum atomic E-state index is -1.94. The number of nitro benzene ring substituents is 1. The van der Waals surface area contributed by atoms with E-state index in [0.29, 0.717) is 11.1 Å². The van der Waals surface area contributed by atoms with Crippen molar-refractivity contribution in [2.24, 2.45) is 0 Å². The predicted octanol–water partition coefficient (Wildman–Crippen LogP) is 1.66. The number of fused-ring (bicyclic) bond motifs is 1. The van der Waals surface area contributed by atoms with Gasteiger partial charge in [-0.25, -0.2) is 4.79 Å². The zero-order chi connectivity index (χ0) is 27.0. The van der Waals surface area contributed by atoms with Crippen LogP contribution in [0.25, 0.3) is 0 Å². The summed E-state index contributed by atoms with van der Waals surface area (Å²) in [6, 6.07) is 6.68. The van der Waals surface area contributed by atoms with Crippen LogP contribution >= 0.6 is 23.1 Å². The summed E-state index contributed by atoms with van der Waals surface area (Å²) in [6.45, 7) is 3.34. The van der Waals surface area contributed by atoms with E-state index < -0.39 is 50.5 Å². The van der Waals surface area contributed by atoms with Crippen LogP contribution in [-0.4, -0.2) is 67.6 Å². The van der Waals surface area contributed by atoms with Crippen LogP contribution in [0.5, 0.6) is 0 Å². The third kappa shape index (κ3) is 4.55. The Morgan fingerprint density at radius 2 is 2.00 bits per heavy atom. The minimum Gasteiger partial charge on any atom is -0.478 e. The Hall–Kier alpha value is -3.49. The zero-order valence-corrected chi connectivity index (χ0v) is 21.4. The van der Waals surface area contributed by atoms with E-state index in [0.717, 1.165) is 4.90 Å². The molecule has 3 N–H and O–H groups in total. The summed E-state index contributed by atoms with van der Waals surface area (Å²) in [5.74, 6) is -3.19. The molecule has 0 aliphatic carbocycles. The van der Waals surface area contributed by atoms with E-state index in [1.54, 1.807) is 37.4 Å². The fourth-order valence-electron chi connectivity index (χ4n) is 4.56. The molecule has 37 heavy (non-hydrogen) atoms. The molecule has 0 spiro atoms. The van der Waals surface area contributed by atoms with Crippen LogP contribution in [0.15, 0.2) is 41.1 Å². The second-order valence-electron chi connectivity index (χ2n) is 9.04. The van der Waals surface area contributed by atoms with Gasteiger partial charge in [-0.1, -0.05) is 0 Å². The third-order valence-electron chi connectivity index (χ3n) is 6.53. The Balaban J connectivity index is 1.45. The molecular weight excluding hydrogens is 524 g/mol. The number of benzene rings is 1. The van der Waals surface area contributed by atoms with E-state index in [9.17, 15) is 34.4 Å². The summed E-state index contributed by atoms with van der Waals surface area (Å²) < 4.78 is 4.68. The normalized spacial score (nSPS) is 24.5. The Bertz CT molecular complexity index is 1220. The predicted molar refractivity (Wildman–Crippen MR) is 134 cm³/mol. The van der Waals surface area contributed by atoms with Gasteiger partial charge in [0.2, 0.25) is 18.0 Å². The number of hydrogen-bond donors (Lipinski definition) is 3. The number of non-ortho nitro benzene ring substituents is 1. The van der Waals surface area contributed by atoms with Gasteiger partial charge < -0.3 is 20.5 Å². The lowest BCUT2D eigenvalue weighted by atomic mass is 9.88. The molecule has 12 nitrogen and oxygen atoms in total. The third-order valence-corrected chi connectivity index (χ3v) is 8.84. The van der Waals surface area contributed by atoms with Crippen LogP contribution in [0.3, 0.4) is 0 Å². The van der Waals surface area contributed by atoms with Crippen molar-refractivity contribution < 1.29 is 33.9 Å². The van der Waals surface area contributed by atoms with Gasteiger partial charge in [0.05, 0.1) is 28.8 Å². The van der Waals surface area contributed by atoms with Crippen molar-refractivity contribution in [1.29, 1.82) is 0 Å². The lowest BCUT2D eigenvalue weighted by molar-refractivity contribution is -0.384. The molecule has 2 saturated heterocycles. The number of carboxylic acids is 1. The maximum atomic E-state index is 13.3. The van der Waals surface area contributed by atoms with Gasteiger partial charge in [0.25, 0.3) is 11.6 Å². The Labute approximate surface area is 219 Å². The van der Waals surface area contributed by atoms with Crippen LogP contribution in [0.4, 0.5) is 5.69 Å². The average molecular weight is 549 g/mol. The molecule has 2 aliphatic rings. The van der Waals surface area contributed by atoms with Gasteiger partial charge in [0.15, 0.2) is 0 Å². The van der Waals surface area contributed by atoms with Crippen molar-refractivity contribution >= 4 is 53.0 Å². The number of β-lactam (4-membered cyclic amide) rings is 1. The number of nitro groups is 1. The van der Waals surface area contributed by atoms with Gasteiger partial charge in [0.1, 0.15) is 11.4 Å². The number of carbonyl (C=O) groups is 4. The number of thiophene rings is 1. The van der Waals surface area contributed by atoms with E-state index >= 15 is 0 Å². The Morgan fingerprint density at radius 1 is 1.30 bits per heavy atom. The molecule has 0 radical (unpaired) electrons. The first-order chi connectivity index (χ1) is 17.5. The highest BCUT2D eigenvalue weighted by Gasteiger charge is 2.73. The SMILES string of the molecule is CC1(C)S[C@@H]2[C@H](NC(=O)C(COCc3ccc([N+](=O)[O-])cc3)c3ccsc3)C(=O)N2[C@@]1(NC=O)C(=O)O. The maximum Gasteiger partial charge on any atom is 0.352 e. The molecule has 0 saturated carbocycles. The monoisotopic (exact) mass is 548 g/mol. The second kappa shape index (κ2) is 10.1.